The minimum absolute atomic E-state index is 0.468. The predicted octanol–water partition coefficient (Wildman–Crippen LogP) is 4.83. The highest BCUT2D eigenvalue weighted by Crippen LogP contribution is 2.40. The summed E-state index contributed by atoms with van der Waals surface area (Å²) in [4.78, 5) is 14.2. The Kier molecular flexibility index (Phi) is 4.93. The molecule has 0 aromatic carbocycles. The Balaban J connectivity index is 1.32. The zero-order valence-corrected chi connectivity index (χ0v) is 20.6. The highest BCUT2D eigenvalue weighted by Gasteiger charge is 2.28. The lowest BCUT2D eigenvalue weighted by atomic mass is 10.1. The molecule has 10 nitrogen and oxygen atoms in total. The number of rotatable bonds is 7. The average Bonchev–Trinajstić information content (AvgIpc) is 3.24. The smallest absolute Gasteiger partial charge is 0.248 e. The van der Waals surface area contributed by atoms with Crippen molar-refractivity contribution in [3.05, 3.63) is 42.7 Å². The molecule has 5 heterocycles. The van der Waals surface area contributed by atoms with Crippen molar-refractivity contribution in [1.29, 1.82) is 0 Å². The van der Waals surface area contributed by atoms with Crippen LogP contribution in [0.5, 0.6) is 5.88 Å². The number of pyridine rings is 1. The van der Waals surface area contributed by atoms with Crippen molar-refractivity contribution in [3.63, 3.8) is 0 Å². The van der Waals surface area contributed by atoms with Crippen molar-refractivity contribution in [2.45, 2.75) is 51.5 Å². The molecule has 0 aliphatic heterocycles. The second kappa shape index (κ2) is 8.32. The molecule has 0 amide bonds. The maximum Gasteiger partial charge on any atom is 0.248 e. The Morgan fingerprint density at radius 2 is 1.97 bits per heavy atom. The maximum absolute atomic E-state index is 6.40. The van der Waals surface area contributed by atoms with Gasteiger partial charge in [0.15, 0.2) is 5.65 Å². The molecule has 2 fully saturated rings. The lowest BCUT2D eigenvalue weighted by molar-refractivity contribution is 0.245. The minimum atomic E-state index is 0.468. The van der Waals surface area contributed by atoms with Gasteiger partial charge in [-0.15, -0.1) is 5.10 Å². The lowest BCUT2D eigenvalue weighted by Crippen LogP contribution is -2.11. The summed E-state index contributed by atoms with van der Waals surface area (Å²) in [5.74, 6) is 2.64. The summed E-state index contributed by atoms with van der Waals surface area (Å²) in [6.07, 6.45) is 14.9. The summed E-state index contributed by atoms with van der Waals surface area (Å²) in [5.41, 5.74) is 5.55. The second-order valence-corrected chi connectivity index (χ2v) is 10.1. The Morgan fingerprint density at radius 3 is 2.75 bits per heavy atom. The Morgan fingerprint density at radius 1 is 1.11 bits per heavy atom. The van der Waals surface area contributed by atoms with Crippen LogP contribution in [-0.2, 0) is 7.05 Å². The number of aryl methyl sites for hydroxylation is 2. The van der Waals surface area contributed by atoms with Crippen molar-refractivity contribution in [2.75, 3.05) is 11.9 Å². The van der Waals surface area contributed by atoms with Crippen LogP contribution in [-0.4, -0.2) is 45.5 Å². The van der Waals surface area contributed by atoms with Gasteiger partial charge in [-0.05, 0) is 50.7 Å². The third-order valence-corrected chi connectivity index (χ3v) is 7.32. The van der Waals surface area contributed by atoms with Crippen LogP contribution in [0.3, 0.4) is 0 Å². The fraction of sp³-hybridized carbons (Fsp3) is 0.423. The van der Waals surface area contributed by atoms with Crippen LogP contribution in [0.15, 0.2) is 36.9 Å². The van der Waals surface area contributed by atoms with Crippen LogP contribution in [0.2, 0.25) is 0 Å². The van der Waals surface area contributed by atoms with Gasteiger partial charge in [0.1, 0.15) is 11.3 Å². The molecular formula is C26H29N9O. The summed E-state index contributed by atoms with van der Waals surface area (Å²) in [5, 5.41) is 12.2. The van der Waals surface area contributed by atoms with Crippen LogP contribution in [0.25, 0.3) is 27.8 Å². The number of imidazole rings is 1. The van der Waals surface area contributed by atoms with Gasteiger partial charge in [-0.1, -0.05) is 12.8 Å². The molecule has 0 spiro atoms. The van der Waals surface area contributed by atoms with Gasteiger partial charge in [-0.2, -0.15) is 10.1 Å². The molecule has 184 valence electrons. The quantitative estimate of drug-likeness (QED) is 0.354. The van der Waals surface area contributed by atoms with Crippen molar-refractivity contribution in [1.82, 2.24) is 38.9 Å². The molecule has 1 N–H and O–H groups in total. The lowest BCUT2D eigenvalue weighted by Gasteiger charge is -2.14. The fourth-order valence-electron chi connectivity index (χ4n) is 5.40. The van der Waals surface area contributed by atoms with E-state index in [0.29, 0.717) is 30.4 Å². The van der Waals surface area contributed by atoms with Gasteiger partial charge in [0.25, 0.3) is 0 Å². The first-order valence-electron chi connectivity index (χ1n) is 12.8. The van der Waals surface area contributed by atoms with Crippen LogP contribution in [0.4, 0.5) is 11.6 Å². The van der Waals surface area contributed by atoms with Crippen molar-refractivity contribution < 1.29 is 4.74 Å². The number of ether oxygens (including phenoxy) is 1. The molecule has 0 radical (unpaired) electrons. The van der Waals surface area contributed by atoms with Gasteiger partial charge >= 0.3 is 0 Å². The van der Waals surface area contributed by atoms with Crippen LogP contribution in [0.1, 0.15) is 50.4 Å². The highest BCUT2D eigenvalue weighted by molar-refractivity contribution is 5.88. The van der Waals surface area contributed by atoms with Gasteiger partial charge in [-0.25, -0.2) is 14.5 Å². The van der Waals surface area contributed by atoms with Gasteiger partial charge in [0.2, 0.25) is 11.8 Å². The zero-order valence-electron chi connectivity index (χ0n) is 20.6. The third kappa shape index (κ3) is 3.77. The molecule has 0 bridgehead atoms. The number of fused-ring (bicyclic) bond motifs is 2. The maximum atomic E-state index is 6.40. The summed E-state index contributed by atoms with van der Waals surface area (Å²) in [6, 6.07) is 4.79. The van der Waals surface area contributed by atoms with E-state index in [1.807, 2.05) is 30.2 Å². The zero-order chi connectivity index (χ0) is 24.2. The van der Waals surface area contributed by atoms with E-state index in [1.165, 1.54) is 38.5 Å². The third-order valence-electron chi connectivity index (χ3n) is 7.32. The van der Waals surface area contributed by atoms with E-state index < -0.39 is 0 Å². The molecule has 36 heavy (non-hydrogen) atoms. The second-order valence-electron chi connectivity index (χ2n) is 10.1. The van der Waals surface area contributed by atoms with Gasteiger partial charge < -0.3 is 14.6 Å². The first-order valence-corrected chi connectivity index (χ1v) is 12.8. The van der Waals surface area contributed by atoms with E-state index in [9.17, 15) is 0 Å². The van der Waals surface area contributed by atoms with E-state index >= 15 is 0 Å². The summed E-state index contributed by atoms with van der Waals surface area (Å²) in [7, 11) is 1.88. The average molecular weight is 484 g/mol. The van der Waals surface area contributed by atoms with E-state index in [1.54, 1.807) is 10.9 Å². The summed E-state index contributed by atoms with van der Waals surface area (Å²) >= 11 is 0. The van der Waals surface area contributed by atoms with Gasteiger partial charge in [0.05, 0.1) is 24.0 Å². The number of hydrogen-bond acceptors (Lipinski definition) is 7. The predicted molar refractivity (Wildman–Crippen MR) is 136 cm³/mol. The molecule has 0 saturated heterocycles. The Labute approximate surface area is 208 Å². The van der Waals surface area contributed by atoms with E-state index in [4.69, 9.17) is 19.8 Å². The Hall–Kier alpha value is -3.95. The van der Waals surface area contributed by atoms with Crippen molar-refractivity contribution >= 4 is 28.3 Å². The number of nitrogens with one attached hydrogen (secondary N) is 1. The first kappa shape index (κ1) is 21.3. The molecule has 5 aromatic heterocycles. The van der Waals surface area contributed by atoms with Gasteiger partial charge in [-0.3, -0.25) is 4.68 Å². The molecule has 5 aromatic rings. The van der Waals surface area contributed by atoms with Crippen molar-refractivity contribution in [3.8, 4) is 17.0 Å². The summed E-state index contributed by atoms with van der Waals surface area (Å²) in [6.45, 7) is 2.72. The number of hydrogen-bond donors (Lipinski definition) is 1. The first-order chi connectivity index (χ1) is 17.6. The monoisotopic (exact) mass is 483 g/mol. The largest absolute Gasteiger partial charge is 0.476 e. The van der Waals surface area contributed by atoms with Crippen LogP contribution < -0.4 is 10.1 Å². The van der Waals surface area contributed by atoms with Crippen molar-refractivity contribution in [2.24, 2.45) is 13.0 Å². The molecule has 10 heteroatoms. The van der Waals surface area contributed by atoms with E-state index in [2.05, 4.69) is 39.0 Å². The van der Waals surface area contributed by atoms with Gasteiger partial charge in [0, 0.05) is 42.8 Å². The number of anilines is 2. The molecule has 7 rings (SSSR count). The topological polar surface area (TPSA) is 100.0 Å². The normalized spacial score (nSPS) is 16.4. The standard InChI is InChI=1S/C26H29N9O/c1-16-29-24-22(35(16)20-7-8-20)11-18(12-27-24)21-9-10-34-23(21)25(36-15-17-5-3-4-6-17)31-26(32-34)30-19-13-28-33(2)14-19/h9-14,17,20H,3-8,15H2,1-2H3,(H,30,32). The number of aromatic nitrogens is 8. The van der Waals surface area contributed by atoms with E-state index in [-0.39, 0.29) is 0 Å². The highest BCUT2D eigenvalue weighted by atomic mass is 16.5. The van der Waals surface area contributed by atoms with Crippen LogP contribution >= 0.6 is 0 Å². The Bertz CT molecular complexity index is 1570. The minimum Gasteiger partial charge on any atom is -0.476 e. The summed E-state index contributed by atoms with van der Waals surface area (Å²) < 4.78 is 12.3. The van der Waals surface area contributed by atoms with E-state index in [0.717, 1.165) is 39.3 Å². The van der Waals surface area contributed by atoms with Crippen LogP contribution in [0, 0.1) is 12.8 Å². The molecule has 0 atom stereocenters. The molecule has 0 unspecified atom stereocenters. The molecule has 2 saturated carbocycles. The molecule has 2 aliphatic rings. The fourth-order valence-corrected chi connectivity index (χ4v) is 5.40. The SMILES string of the molecule is Cc1nc2ncc(-c3ccn4nc(Nc5cnn(C)c5)nc(OCC5CCCC5)c34)cc2n1C1CC1. The number of nitrogens with zero attached hydrogens (tertiary/aromatic N) is 8. The molecular weight excluding hydrogens is 454 g/mol. The molecule has 2 aliphatic carbocycles.